The van der Waals surface area contributed by atoms with Crippen molar-refractivity contribution in [3.63, 3.8) is 0 Å². The fourth-order valence-corrected chi connectivity index (χ4v) is 0.810. The molecule has 0 aromatic rings. The van der Waals surface area contributed by atoms with Crippen LogP contribution in [0.1, 0.15) is 6.42 Å². The maximum absolute atomic E-state index is 10.4. The molecule has 0 atom stereocenters. The molecular formula is C6H9NaO5S. The van der Waals surface area contributed by atoms with Gasteiger partial charge in [-0.1, -0.05) is 6.58 Å². The summed E-state index contributed by atoms with van der Waals surface area (Å²) in [6, 6.07) is 0. The van der Waals surface area contributed by atoms with Crippen molar-refractivity contribution < 1.29 is 52.1 Å². The van der Waals surface area contributed by atoms with Crippen molar-refractivity contribution in [1.82, 2.24) is 0 Å². The SMILES string of the molecule is C=CC(=O)OCC[CH-]S(=O)(=O)O.[Na+]. The molecule has 0 aromatic carbocycles. The van der Waals surface area contributed by atoms with E-state index in [1.54, 1.807) is 0 Å². The molecule has 1 N–H and O–H groups in total. The molecule has 0 aliphatic carbocycles. The zero-order chi connectivity index (χ0) is 9.61. The molecular weight excluding hydrogens is 207 g/mol. The summed E-state index contributed by atoms with van der Waals surface area (Å²) < 4.78 is 32.8. The molecule has 5 nitrogen and oxygen atoms in total. The largest absolute Gasteiger partial charge is 1.00 e. The van der Waals surface area contributed by atoms with E-state index in [1.165, 1.54) is 0 Å². The van der Waals surface area contributed by atoms with Crippen LogP contribution in [0.2, 0.25) is 0 Å². The predicted octanol–water partition coefficient (Wildman–Crippen LogP) is -2.84. The number of ether oxygens (including phenoxy) is 1. The number of hydrogen-bond donors (Lipinski definition) is 1. The molecule has 0 rings (SSSR count). The van der Waals surface area contributed by atoms with Crippen LogP contribution in [0.4, 0.5) is 0 Å². The quantitative estimate of drug-likeness (QED) is 0.134. The molecule has 0 fully saturated rings. The Bertz CT molecular complexity index is 258. The van der Waals surface area contributed by atoms with E-state index < -0.39 is 16.1 Å². The number of hydrogen-bond acceptors (Lipinski definition) is 4. The monoisotopic (exact) mass is 216 g/mol. The molecule has 0 aromatic heterocycles. The van der Waals surface area contributed by atoms with Crippen LogP contribution in [0.15, 0.2) is 12.7 Å². The molecule has 0 spiro atoms. The van der Waals surface area contributed by atoms with Gasteiger partial charge in [-0.2, -0.15) is 5.75 Å². The van der Waals surface area contributed by atoms with Crippen LogP contribution in [-0.2, 0) is 19.6 Å². The van der Waals surface area contributed by atoms with Gasteiger partial charge in [0.05, 0.1) is 6.61 Å². The van der Waals surface area contributed by atoms with Gasteiger partial charge in [0.1, 0.15) is 10.1 Å². The second-order valence-corrected chi connectivity index (χ2v) is 3.21. The van der Waals surface area contributed by atoms with E-state index in [9.17, 15) is 13.2 Å². The van der Waals surface area contributed by atoms with Crippen LogP contribution < -0.4 is 29.6 Å². The van der Waals surface area contributed by atoms with Crippen LogP contribution >= 0.6 is 0 Å². The zero-order valence-corrected chi connectivity index (χ0v) is 10.1. The Morgan fingerprint density at radius 2 is 2.15 bits per heavy atom. The van der Waals surface area contributed by atoms with E-state index in [-0.39, 0.29) is 42.6 Å². The maximum atomic E-state index is 10.4. The van der Waals surface area contributed by atoms with Crippen molar-refractivity contribution in [1.29, 1.82) is 0 Å². The summed E-state index contributed by atoms with van der Waals surface area (Å²) in [5.41, 5.74) is 0. The van der Waals surface area contributed by atoms with Crippen LogP contribution in [0.3, 0.4) is 0 Å². The normalized spacial score (nSPS) is 9.92. The van der Waals surface area contributed by atoms with Gasteiger partial charge in [0.2, 0.25) is 0 Å². The fraction of sp³-hybridized carbons (Fsp3) is 0.333. The smallest absolute Gasteiger partial charge is 0.465 e. The summed E-state index contributed by atoms with van der Waals surface area (Å²) in [5.74, 6) is 0.0300. The van der Waals surface area contributed by atoms with Crippen LogP contribution in [0.25, 0.3) is 0 Å². The average Bonchev–Trinajstić information content (AvgIpc) is 1.96. The van der Waals surface area contributed by atoms with Crippen LogP contribution in [-0.4, -0.2) is 25.5 Å². The summed E-state index contributed by atoms with van der Waals surface area (Å²) in [4.78, 5) is 10.4. The van der Waals surface area contributed by atoms with Gasteiger partial charge in [0.25, 0.3) is 0 Å². The van der Waals surface area contributed by atoms with Crippen molar-refractivity contribution >= 4 is 16.1 Å². The first-order valence-electron chi connectivity index (χ1n) is 3.05. The first kappa shape index (κ1) is 15.6. The van der Waals surface area contributed by atoms with Crippen molar-refractivity contribution in [3.05, 3.63) is 18.4 Å². The second kappa shape index (κ2) is 7.52. The molecule has 0 amide bonds. The second-order valence-electron chi connectivity index (χ2n) is 1.84. The van der Waals surface area contributed by atoms with E-state index in [4.69, 9.17) is 4.55 Å². The van der Waals surface area contributed by atoms with E-state index in [2.05, 4.69) is 11.3 Å². The molecule has 0 aliphatic heterocycles. The third-order valence-electron chi connectivity index (χ3n) is 0.857. The first-order chi connectivity index (χ1) is 5.45. The van der Waals surface area contributed by atoms with E-state index >= 15 is 0 Å². The zero-order valence-electron chi connectivity index (χ0n) is 7.26. The average molecular weight is 216 g/mol. The van der Waals surface area contributed by atoms with Gasteiger partial charge in [-0.25, -0.2) is 13.2 Å². The summed E-state index contributed by atoms with van der Waals surface area (Å²) >= 11 is 0. The standard InChI is InChI=1S/C6H9O5S.Na/c1-2-6(7)11-4-3-5-12(8,9)10;/h2,5H,1,3-4H2,(H,8,9,10);/q-1;+1. The third kappa shape index (κ3) is 12.1. The molecule has 0 saturated heterocycles. The van der Waals surface area contributed by atoms with Gasteiger partial charge < -0.3 is 9.29 Å². The minimum atomic E-state index is -4.07. The van der Waals surface area contributed by atoms with Gasteiger partial charge in [-0.05, 0) is 0 Å². The molecule has 0 unspecified atom stereocenters. The number of esters is 1. The van der Waals surface area contributed by atoms with Gasteiger partial charge in [-0.3, -0.25) is 0 Å². The van der Waals surface area contributed by atoms with Crippen LogP contribution in [0, 0.1) is 5.75 Å². The Labute approximate surface area is 99.2 Å². The van der Waals surface area contributed by atoms with Crippen molar-refractivity contribution in [2.75, 3.05) is 6.61 Å². The summed E-state index contributed by atoms with van der Waals surface area (Å²) in [5, 5.41) is 0. The Morgan fingerprint density at radius 3 is 2.54 bits per heavy atom. The van der Waals surface area contributed by atoms with Gasteiger partial charge in [0.15, 0.2) is 0 Å². The molecule has 0 aliphatic rings. The van der Waals surface area contributed by atoms with E-state index in [0.29, 0.717) is 5.75 Å². The molecule has 0 saturated carbocycles. The molecule has 0 bridgehead atoms. The summed E-state index contributed by atoms with van der Waals surface area (Å²) in [7, 11) is -4.07. The Hall–Kier alpha value is 0.120. The molecule has 0 radical (unpaired) electrons. The minimum Gasteiger partial charge on any atom is -0.465 e. The van der Waals surface area contributed by atoms with E-state index in [1.807, 2.05) is 0 Å². The van der Waals surface area contributed by atoms with Gasteiger partial charge in [-0.15, -0.1) is 6.42 Å². The molecule has 7 heteroatoms. The summed E-state index contributed by atoms with van der Waals surface area (Å²) in [6.45, 7) is 3.04. The topological polar surface area (TPSA) is 80.7 Å². The van der Waals surface area contributed by atoms with Crippen molar-refractivity contribution in [2.45, 2.75) is 6.42 Å². The predicted molar refractivity (Wildman–Crippen MR) is 41.6 cm³/mol. The Balaban J connectivity index is 0. The molecule has 13 heavy (non-hydrogen) atoms. The number of carbonyl (C=O) groups excluding carboxylic acids is 1. The third-order valence-corrected chi connectivity index (χ3v) is 1.51. The van der Waals surface area contributed by atoms with Gasteiger partial charge >= 0.3 is 35.5 Å². The molecule has 70 valence electrons. The van der Waals surface area contributed by atoms with Crippen molar-refractivity contribution in [2.24, 2.45) is 0 Å². The molecule has 0 heterocycles. The van der Waals surface area contributed by atoms with Gasteiger partial charge in [0, 0.05) is 6.08 Å². The van der Waals surface area contributed by atoms with Crippen molar-refractivity contribution in [3.8, 4) is 0 Å². The number of carbonyl (C=O) groups is 1. The Kier molecular flexibility index (Phi) is 9.01. The Morgan fingerprint density at radius 1 is 1.62 bits per heavy atom. The summed E-state index contributed by atoms with van der Waals surface area (Å²) in [6.07, 6.45) is 0.922. The fourth-order valence-electron chi connectivity index (χ4n) is 0.415. The van der Waals surface area contributed by atoms with E-state index in [0.717, 1.165) is 6.08 Å². The first-order valence-corrected chi connectivity index (χ1v) is 4.56. The minimum absolute atomic E-state index is 0. The van der Waals surface area contributed by atoms with Crippen LogP contribution in [0.5, 0.6) is 0 Å². The number of rotatable bonds is 5. The maximum Gasteiger partial charge on any atom is 1.00 e.